The molecule has 0 atom stereocenters. The van der Waals surface area contributed by atoms with Crippen molar-refractivity contribution in [3.05, 3.63) is 33.9 Å². The van der Waals surface area contributed by atoms with E-state index < -0.39 is 34.0 Å². The van der Waals surface area contributed by atoms with Crippen LogP contribution >= 0.6 is 0 Å². The molecule has 0 bridgehead atoms. The fraction of sp³-hybridized carbons (Fsp3) is 0.200. The monoisotopic (exact) mass is 255 g/mol. The number of carbonyl (C=O) groups is 2. The molecule has 8 nitrogen and oxygen atoms in total. The van der Waals surface area contributed by atoms with Crippen LogP contribution in [-0.2, 0) is 9.59 Å². The van der Waals surface area contributed by atoms with Crippen LogP contribution in [0.2, 0.25) is 0 Å². The average Bonchev–Trinajstić information content (AvgIpc) is 2.28. The zero-order valence-electron chi connectivity index (χ0n) is 9.19. The van der Waals surface area contributed by atoms with Crippen molar-refractivity contribution < 1.29 is 29.5 Å². The molecule has 0 saturated carbocycles. The molecule has 96 valence electrons. The molecule has 0 aromatic heterocycles. The largest absolute Gasteiger partial charge is 0.497 e. The van der Waals surface area contributed by atoms with Gasteiger partial charge in [-0.2, -0.15) is 0 Å². The highest BCUT2D eigenvalue weighted by molar-refractivity contribution is 6.00. The number of nitrogens with zero attached hydrogens (tertiary/aromatic N) is 1. The highest BCUT2D eigenvalue weighted by Gasteiger charge is 2.34. The zero-order valence-corrected chi connectivity index (χ0v) is 9.19. The molecule has 0 radical (unpaired) electrons. The number of aliphatic carboxylic acids is 2. The first-order chi connectivity index (χ1) is 8.38. The standard InChI is InChI=1S/C10H9NO7/c1-18-5-2-3-6(7(4-5)11(16)17)8(9(12)13)10(14)15/h2-4,8H,1H3,(H,12,13)(H,14,15). The van der Waals surface area contributed by atoms with E-state index in [0.717, 1.165) is 12.1 Å². The predicted molar refractivity (Wildman–Crippen MR) is 57.7 cm³/mol. The van der Waals surface area contributed by atoms with Crippen LogP contribution in [0.4, 0.5) is 5.69 Å². The van der Waals surface area contributed by atoms with Gasteiger partial charge in [-0.15, -0.1) is 0 Å². The van der Waals surface area contributed by atoms with Crippen LogP contribution in [0.15, 0.2) is 18.2 Å². The summed E-state index contributed by atoms with van der Waals surface area (Å²) in [6.07, 6.45) is 0. The van der Waals surface area contributed by atoms with Crippen molar-refractivity contribution in [3.8, 4) is 5.75 Å². The van der Waals surface area contributed by atoms with Gasteiger partial charge in [-0.05, 0) is 12.1 Å². The van der Waals surface area contributed by atoms with Crippen molar-refractivity contribution in [2.24, 2.45) is 0 Å². The van der Waals surface area contributed by atoms with Crippen molar-refractivity contribution >= 4 is 17.6 Å². The van der Waals surface area contributed by atoms with Gasteiger partial charge in [0.1, 0.15) is 5.75 Å². The Hall–Kier alpha value is -2.64. The molecule has 0 spiro atoms. The molecular formula is C10H9NO7. The minimum absolute atomic E-state index is 0.139. The van der Waals surface area contributed by atoms with E-state index in [2.05, 4.69) is 0 Å². The zero-order chi connectivity index (χ0) is 13.9. The van der Waals surface area contributed by atoms with Gasteiger partial charge in [-0.1, -0.05) is 0 Å². The molecule has 1 rings (SSSR count). The highest BCUT2D eigenvalue weighted by Crippen LogP contribution is 2.30. The van der Waals surface area contributed by atoms with Crippen LogP contribution in [0.25, 0.3) is 0 Å². The third kappa shape index (κ3) is 2.54. The summed E-state index contributed by atoms with van der Waals surface area (Å²) < 4.78 is 4.76. The molecular weight excluding hydrogens is 246 g/mol. The molecule has 1 aromatic rings. The second kappa shape index (κ2) is 5.13. The Morgan fingerprint density at radius 2 is 1.89 bits per heavy atom. The van der Waals surface area contributed by atoms with Gasteiger partial charge in [0, 0.05) is 0 Å². The maximum Gasteiger partial charge on any atom is 0.322 e. The summed E-state index contributed by atoms with van der Waals surface area (Å²) in [6.45, 7) is 0. The topological polar surface area (TPSA) is 127 Å². The number of methoxy groups -OCH3 is 1. The van der Waals surface area contributed by atoms with Crippen molar-refractivity contribution in [2.75, 3.05) is 7.11 Å². The molecule has 18 heavy (non-hydrogen) atoms. The fourth-order valence-electron chi connectivity index (χ4n) is 1.42. The summed E-state index contributed by atoms with van der Waals surface area (Å²) in [6, 6.07) is 3.30. The van der Waals surface area contributed by atoms with Gasteiger partial charge < -0.3 is 14.9 Å². The van der Waals surface area contributed by atoms with Gasteiger partial charge in [-0.25, -0.2) is 0 Å². The Morgan fingerprint density at radius 1 is 1.33 bits per heavy atom. The van der Waals surface area contributed by atoms with E-state index in [-0.39, 0.29) is 5.75 Å². The first-order valence-corrected chi connectivity index (χ1v) is 4.66. The Bertz CT molecular complexity index is 497. The van der Waals surface area contributed by atoms with E-state index in [4.69, 9.17) is 14.9 Å². The number of benzene rings is 1. The molecule has 0 aliphatic carbocycles. The van der Waals surface area contributed by atoms with Crippen molar-refractivity contribution in [1.29, 1.82) is 0 Å². The van der Waals surface area contributed by atoms with Crippen LogP contribution in [-0.4, -0.2) is 34.2 Å². The molecule has 0 unspecified atom stereocenters. The van der Waals surface area contributed by atoms with Crippen LogP contribution in [0.5, 0.6) is 5.75 Å². The molecule has 0 saturated heterocycles. The molecule has 0 amide bonds. The van der Waals surface area contributed by atoms with Crippen molar-refractivity contribution in [3.63, 3.8) is 0 Å². The lowest BCUT2D eigenvalue weighted by Gasteiger charge is -2.09. The van der Waals surface area contributed by atoms with E-state index in [1.165, 1.54) is 13.2 Å². The predicted octanol–water partition coefficient (Wildman–Crippen LogP) is 0.856. The Morgan fingerprint density at radius 3 is 2.28 bits per heavy atom. The maximum atomic E-state index is 10.8. The smallest absolute Gasteiger partial charge is 0.322 e. The second-order valence-corrected chi connectivity index (χ2v) is 3.29. The normalized spacial score (nSPS) is 10.1. The Kier molecular flexibility index (Phi) is 3.82. The maximum absolute atomic E-state index is 10.8. The number of ether oxygens (including phenoxy) is 1. The molecule has 2 N–H and O–H groups in total. The number of nitro groups is 1. The third-order valence-electron chi connectivity index (χ3n) is 2.24. The van der Waals surface area contributed by atoms with Gasteiger partial charge in [0.15, 0.2) is 5.92 Å². The van der Waals surface area contributed by atoms with E-state index in [9.17, 15) is 19.7 Å². The third-order valence-corrected chi connectivity index (χ3v) is 2.24. The number of carboxylic acids is 2. The SMILES string of the molecule is COc1ccc(C(C(=O)O)C(=O)O)c([N+](=O)[O-])c1. The van der Waals surface area contributed by atoms with Gasteiger partial charge in [-0.3, -0.25) is 19.7 Å². The first kappa shape index (κ1) is 13.4. The summed E-state index contributed by atoms with van der Waals surface area (Å²) in [4.78, 5) is 31.6. The van der Waals surface area contributed by atoms with Crippen LogP contribution in [0.1, 0.15) is 11.5 Å². The number of hydrogen-bond donors (Lipinski definition) is 2. The van der Waals surface area contributed by atoms with E-state index in [1.54, 1.807) is 0 Å². The molecule has 0 fully saturated rings. The van der Waals surface area contributed by atoms with E-state index >= 15 is 0 Å². The minimum atomic E-state index is -1.99. The summed E-state index contributed by atoms with van der Waals surface area (Å²) in [7, 11) is 1.28. The van der Waals surface area contributed by atoms with Crippen molar-refractivity contribution in [2.45, 2.75) is 5.92 Å². The fourth-order valence-corrected chi connectivity index (χ4v) is 1.42. The van der Waals surface area contributed by atoms with Gasteiger partial charge in [0.05, 0.1) is 23.7 Å². The average molecular weight is 255 g/mol. The van der Waals surface area contributed by atoms with Gasteiger partial charge in [0.2, 0.25) is 0 Å². The summed E-state index contributed by atoms with van der Waals surface area (Å²) >= 11 is 0. The summed E-state index contributed by atoms with van der Waals surface area (Å²) in [5, 5.41) is 28.4. The van der Waals surface area contributed by atoms with E-state index in [1.807, 2.05) is 0 Å². The first-order valence-electron chi connectivity index (χ1n) is 4.66. The number of hydrogen-bond acceptors (Lipinski definition) is 5. The molecule has 1 aromatic carbocycles. The molecule has 0 aliphatic rings. The van der Waals surface area contributed by atoms with Crippen molar-refractivity contribution in [1.82, 2.24) is 0 Å². The lowest BCUT2D eigenvalue weighted by atomic mass is 9.97. The lowest BCUT2D eigenvalue weighted by molar-refractivity contribution is -0.385. The van der Waals surface area contributed by atoms with Crippen LogP contribution in [0.3, 0.4) is 0 Å². The van der Waals surface area contributed by atoms with Crippen LogP contribution < -0.4 is 4.74 Å². The Balaban J connectivity index is 3.42. The van der Waals surface area contributed by atoms with Crippen LogP contribution in [0, 0.1) is 10.1 Å². The quantitative estimate of drug-likeness (QED) is 0.453. The Labute approximate surface area is 101 Å². The molecule has 0 heterocycles. The van der Waals surface area contributed by atoms with E-state index in [0.29, 0.717) is 0 Å². The van der Waals surface area contributed by atoms with Gasteiger partial charge >= 0.3 is 11.9 Å². The lowest BCUT2D eigenvalue weighted by Crippen LogP contribution is -2.22. The molecule has 8 heteroatoms. The molecule has 0 aliphatic heterocycles. The number of rotatable bonds is 5. The van der Waals surface area contributed by atoms with Gasteiger partial charge in [0.25, 0.3) is 5.69 Å². The summed E-state index contributed by atoms with van der Waals surface area (Å²) in [5.41, 5.74) is -1.01. The summed E-state index contributed by atoms with van der Waals surface area (Å²) in [5.74, 6) is -5.19. The highest BCUT2D eigenvalue weighted by atomic mass is 16.6. The minimum Gasteiger partial charge on any atom is -0.497 e. The number of carboxylic acid groups (broad SMARTS) is 2. The second-order valence-electron chi connectivity index (χ2n) is 3.29. The number of nitro benzene ring substituents is 1.